The van der Waals surface area contributed by atoms with E-state index in [0.29, 0.717) is 6.54 Å². The maximum Gasteiger partial charge on any atom is 0.332 e. The van der Waals surface area contributed by atoms with Crippen LogP contribution in [0.1, 0.15) is 5.56 Å². The highest BCUT2D eigenvalue weighted by Crippen LogP contribution is 2.11. The van der Waals surface area contributed by atoms with Gasteiger partial charge in [0, 0.05) is 26.0 Å². The summed E-state index contributed by atoms with van der Waals surface area (Å²) in [7, 11) is 1.73. The predicted octanol–water partition coefficient (Wildman–Crippen LogP) is 0.635. The molecule has 0 spiro atoms. The quantitative estimate of drug-likeness (QED) is 0.778. The van der Waals surface area contributed by atoms with Crippen molar-refractivity contribution < 1.29 is 0 Å². The lowest BCUT2D eigenvalue weighted by atomic mass is 10.2. The van der Waals surface area contributed by atoms with Crippen LogP contribution in [0.2, 0.25) is 0 Å². The molecule has 0 saturated heterocycles. The zero-order valence-corrected chi connectivity index (χ0v) is 8.55. The lowest BCUT2D eigenvalue weighted by Crippen LogP contribution is -2.21. The Morgan fingerprint density at radius 3 is 2.60 bits per heavy atom. The largest absolute Gasteiger partial charge is 0.332 e. The monoisotopic (exact) mass is 203 g/mol. The minimum absolute atomic E-state index is 0.0594. The molecule has 2 rings (SSSR count). The van der Waals surface area contributed by atoms with E-state index in [0.717, 1.165) is 11.3 Å². The minimum Gasteiger partial charge on any atom is -0.326 e. The summed E-state index contributed by atoms with van der Waals surface area (Å²) in [5.41, 5.74) is 7.38. The van der Waals surface area contributed by atoms with Crippen LogP contribution in [0, 0.1) is 0 Å². The Labute approximate surface area is 87.6 Å². The maximum atomic E-state index is 11.7. The molecule has 2 aromatic rings. The van der Waals surface area contributed by atoms with Crippen LogP contribution in [-0.2, 0) is 13.6 Å². The van der Waals surface area contributed by atoms with Crippen LogP contribution in [0.3, 0.4) is 0 Å². The molecular weight excluding hydrogens is 190 g/mol. The number of para-hydroxylation sites is 1. The van der Waals surface area contributed by atoms with Crippen LogP contribution >= 0.6 is 0 Å². The van der Waals surface area contributed by atoms with Crippen LogP contribution in [0.4, 0.5) is 0 Å². The summed E-state index contributed by atoms with van der Waals surface area (Å²) in [5.74, 6) is 0. The SMILES string of the molecule is Cn1ccn(-c2ccccc2CN)c1=O. The third-order valence-corrected chi connectivity index (χ3v) is 2.42. The molecule has 0 atom stereocenters. The number of imidazole rings is 1. The summed E-state index contributed by atoms with van der Waals surface area (Å²) < 4.78 is 3.13. The molecular formula is C11H13N3O. The fourth-order valence-corrected chi connectivity index (χ4v) is 1.57. The summed E-state index contributed by atoms with van der Waals surface area (Å²) in [4.78, 5) is 11.7. The second kappa shape index (κ2) is 3.74. The van der Waals surface area contributed by atoms with Gasteiger partial charge in [0.05, 0.1) is 5.69 Å². The summed E-state index contributed by atoms with van der Waals surface area (Å²) in [6, 6.07) is 7.63. The van der Waals surface area contributed by atoms with E-state index in [-0.39, 0.29) is 5.69 Å². The smallest absolute Gasteiger partial charge is 0.326 e. The van der Waals surface area contributed by atoms with Gasteiger partial charge in [0.15, 0.2) is 0 Å². The van der Waals surface area contributed by atoms with Gasteiger partial charge >= 0.3 is 5.69 Å². The Morgan fingerprint density at radius 2 is 2.00 bits per heavy atom. The first-order valence-corrected chi connectivity index (χ1v) is 4.76. The molecule has 4 nitrogen and oxygen atoms in total. The molecule has 0 fully saturated rings. The van der Waals surface area contributed by atoms with Crippen molar-refractivity contribution in [2.75, 3.05) is 0 Å². The molecule has 0 aliphatic carbocycles. The van der Waals surface area contributed by atoms with Gasteiger partial charge in [-0.1, -0.05) is 18.2 Å². The van der Waals surface area contributed by atoms with E-state index in [1.165, 1.54) is 4.57 Å². The van der Waals surface area contributed by atoms with Gasteiger partial charge in [-0.2, -0.15) is 0 Å². The first-order chi connectivity index (χ1) is 7.24. The Bertz CT molecular complexity index is 525. The zero-order chi connectivity index (χ0) is 10.8. The lowest BCUT2D eigenvalue weighted by Gasteiger charge is -2.06. The van der Waals surface area contributed by atoms with Crippen molar-refractivity contribution in [2.45, 2.75) is 6.54 Å². The Balaban J connectivity index is 2.64. The van der Waals surface area contributed by atoms with Crippen LogP contribution in [0.15, 0.2) is 41.5 Å². The summed E-state index contributed by atoms with van der Waals surface area (Å²) in [6.45, 7) is 0.428. The highest BCUT2D eigenvalue weighted by Gasteiger charge is 2.05. The van der Waals surface area contributed by atoms with Crippen molar-refractivity contribution >= 4 is 0 Å². The summed E-state index contributed by atoms with van der Waals surface area (Å²) >= 11 is 0. The Morgan fingerprint density at radius 1 is 1.27 bits per heavy atom. The van der Waals surface area contributed by atoms with E-state index >= 15 is 0 Å². The van der Waals surface area contributed by atoms with Crippen molar-refractivity contribution in [3.63, 3.8) is 0 Å². The molecule has 0 aliphatic heterocycles. The van der Waals surface area contributed by atoms with Crippen molar-refractivity contribution in [1.82, 2.24) is 9.13 Å². The highest BCUT2D eigenvalue weighted by molar-refractivity contribution is 5.40. The van der Waals surface area contributed by atoms with Gasteiger partial charge in [-0.3, -0.25) is 4.57 Å². The fourth-order valence-electron chi connectivity index (χ4n) is 1.57. The molecule has 1 aromatic carbocycles. The van der Waals surface area contributed by atoms with Gasteiger partial charge in [-0.15, -0.1) is 0 Å². The van der Waals surface area contributed by atoms with Crippen LogP contribution in [0.5, 0.6) is 0 Å². The maximum absolute atomic E-state index is 11.7. The van der Waals surface area contributed by atoms with Gasteiger partial charge in [0.25, 0.3) is 0 Å². The number of hydrogen-bond donors (Lipinski definition) is 1. The summed E-state index contributed by atoms with van der Waals surface area (Å²) in [6.07, 6.45) is 3.48. The number of benzene rings is 1. The molecule has 15 heavy (non-hydrogen) atoms. The van der Waals surface area contributed by atoms with Gasteiger partial charge in [0.2, 0.25) is 0 Å². The van der Waals surface area contributed by atoms with Crippen molar-refractivity contribution in [3.8, 4) is 5.69 Å². The molecule has 2 N–H and O–H groups in total. The number of rotatable bonds is 2. The lowest BCUT2D eigenvalue weighted by molar-refractivity contribution is 0.818. The predicted molar refractivity (Wildman–Crippen MR) is 58.9 cm³/mol. The first kappa shape index (κ1) is 9.73. The van der Waals surface area contributed by atoms with Crippen LogP contribution < -0.4 is 11.4 Å². The van der Waals surface area contributed by atoms with Crippen molar-refractivity contribution in [1.29, 1.82) is 0 Å². The Hall–Kier alpha value is -1.81. The standard InChI is InChI=1S/C11H13N3O/c1-13-6-7-14(11(13)15)10-5-3-2-4-9(10)8-12/h2-7H,8,12H2,1H3. The van der Waals surface area contributed by atoms with Crippen LogP contribution in [-0.4, -0.2) is 9.13 Å². The fraction of sp³-hybridized carbons (Fsp3) is 0.182. The second-order valence-corrected chi connectivity index (χ2v) is 3.39. The first-order valence-electron chi connectivity index (χ1n) is 4.76. The number of aromatic nitrogens is 2. The minimum atomic E-state index is -0.0594. The van der Waals surface area contributed by atoms with Gasteiger partial charge < -0.3 is 10.3 Å². The number of nitrogens with zero attached hydrogens (tertiary/aromatic N) is 2. The van der Waals surface area contributed by atoms with E-state index < -0.39 is 0 Å². The topological polar surface area (TPSA) is 52.9 Å². The average Bonchev–Trinajstić information content (AvgIpc) is 2.60. The molecule has 1 heterocycles. The van der Waals surface area contributed by atoms with E-state index in [2.05, 4.69) is 0 Å². The molecule has 1 aromatic heterocycles. The van der Waals surface area contributed by atoms with E-state index in [1.54, 1.807) is 24.0 Å². The van der Waals surface area contributed by atoms with E-state index in [4.69, 9.17) is 5.73 Å². The van der Waals surface area contributed by atoms with Gasteiger partial charge in [-0.25, -0.2) is 4.79 Å². The molecule has 0 bridgehead atoms. The molecule has 4 heteroatoms. The number of hydrogen-bond acceptors (Lipinski definition) is 2. The zero-order valence-electron chi connectivity index (χ0n) is 8.55. The molecule has 0 radical (unpaired) electrons. The Kier molecular flexibility index (Phi) is 2.43. The van der Waals surface area contributed by atoms with Crippen LogP contribution in [0.25, 0.3) is 5.69 Å². The van der Waals surface area contributed by atoms with Crippen molar-refractivity contribution in [2.24, 2.45) is 12.8 Å². The van der Waals surface area contributed by atoms with E-state index in [9.17, 15) is 4.79 Å². The average molecular weight is 203 g/mol. The third kappa shape index (κ3) is 1.59. The molecule has 78 valence electrons. The molecule has 0 amide bonds. The molecule has 0 aliphatic rings. The molecule has 0 saturated carbocycles. The van der Waals surface area contributed by atoms with Crippen molar-refractivity contribution in [3.05, 3.63) is 52.7 Å². The normalized spacial score (nSPS) is 10.5. The number of aryl methyl sites for hydroxylation is 1. The third-order valence-electron chi connectivity index (χ3n) is 2.42. The second-order valence-electron chi connectivity index (χ2n) is 3.39. The van der Waals surface area contributed by atoms with Gasteiger partial charge in [0.1, 0.15) is 0 Å². The summed E-state index contributed by atoms with van der Waals surface area (Å²) in [5, 5.41) is 0. The number of nitrogens with two attached hydrogens (primary N) is 1. The van der Waals surface area contributed by atoms with E-state index in [1.807, 2.05) is 24.3 Å². The van der Waals surface area contributed by atoms with Gasteiger partial charge in [-0.05, 0) is 11.6 Å². The highest BCUT2D eigenvalue weighted by atomic mass is 16.1. The molecule has 0 unspecified atom stereocenters.